The number of carboxylic acid groups (broad SMARTS) is 1. The van der Waals surface area contributed by atoms with Crippen LogP contribution in [0.1, 0.15) is 29.7 Å². The predicted octanol–water partition coefficient (Wildman–Crippen LogP) is 1.22. The van der Waals surface area contributed by atoms with E-state index in [1.807, 2.05) is 13.1 Å². The Kier molecular flexibility index (Phi) is 3.71. The highest BCUT2D eigenvalue weighted by molar-refractivity contribution is 5.66. The number of carboxylic acids is 1. The van der Waals surface area contributed by atoms with Gasteiger partial charge in [0.05, 0.1) is 6.61 Å². The van der Waals surface area contributed by atoms with Gasteiger partial charge in [-0.25, -0.2) is 0 Å². The first kappa shape index (κ1) is 10.8. The van der Waals surface area contributed by atoms with Gasteiger partial charge in [-0.05, 0) is 30.9 Å². The van der Waals surface area contributed by atoms with Crippen LogP contribution in [0.25, 0.3) is 0 Å². The van der Waals surface area contributed by atoms with Crippen molar-refractivity contribution in [2.24, 2.45) is 0 Å². The Labute approximate surface area is 82.6 Å². The van der Waals surface area contributed by atoms with Crippen molar-refractivity contribution in [1.29, 1.82) is 0 Å². The zero-order chi connectivity index (χ0) is 10.6. The highest BCUT2D eigenvalue weighted by Crippen LogP contribution is 2.16. The van der Waals surface area contributed by atoms with E-state index in [0.717, 1.165) is 16.8 Å². The molecule has 0 amide bonds. The third kappa shape index (κ3) is 2.60. The summed E-state index contributed by atoms with van der Waals surface area (Å²) in [6.07, 6.45) is 3.33. The van der Waals surface area contributed by atoms with Crippen molar-refractivity contribution >= 4 is 5.97 Å². The molecule has 0 aliphatic carbocycles. The lowest BCUT2D eigenvalue weighted by Crippen LogP contribution is -1.98. The Morgan fingerprint density at radius 2 is 2.29 bits per heavy atom. The van der Waals surface area contributed by atoms with Crippen LogP contribution < -0.4 is 0 Å². The molecule has 1 heterocycles. The number of aliphatic hydroxyl groups is 1. The summed E-state index contributed by atoms with van der Waals surface area (Å²) in [6, 6.07) is 0. The summed E-state index contributed by atoms with van der Waals surface area (Å²) in [7, 11) is 0. The van der Waals surface area contributed by atoms with Crippen molar-refractivity contribution in [3.63, 3.8) is 0 Å². The molecule has 78 valence electrons. The Morgan fingerprint density at radius 3 is 2.86 bits per heavy atom. The number of rotatable bonds is 5. The zero-order valence-electron chi connectivity index (χ0n) is 8.21. The van der Waals surface area contributed by atoms with Gasteiger partial charge in [-0.3, -0.25) is 4.79 Å². The number of nitrogens with one attached hydrogen (secondary N) is 1. The molecule has 0 aliphatic heterocycles. The topological polar surface area (TPSA) is 73.3 Å². The summed E-state index contributed by atoms with van der Waals surface area (Å²) in [5.41, 5.74) is 2.93. The maximum atomic E-state index is 10.3. The van der Waals surface area contributed by atoms with Gasteiger partial charge < -0.3 is 15.2 Å². The van der Waals surface area contributed by atoms with E-state index in [4.69, 9.17) is 10.2 Å². The minimum atomic E-state index is -0.774. The average molecular weight is 197 g/mol. The molecule has 0 fully saturated rings. The largest absolute Gasteiger partial charge is 0.481 e. The lowest BCUT2D eigenvalue weighted by Gasteiger charge is -2.01. The van der Waals surface area contributed by atoms with E-state index in [2.05, 4.69) is 4.98 Å². The van der Waals surface area contributed by atoms with Gasteiger partial charge in [-0.2, -0.15) is 0 Å². The number of hydrogen-bond acceptors (Lipinski definition) is 2. The van der Waals surface area contributed by atoms with Gasteiger partial charge >= 0.3 is 5.97 Å². The van der Waals surface area contributed by atoms with Gasteiger partial charge in [0.25, 0.3) is 0 Å². The minimum Gasteiger partial charge on any atom is -0.481 e. The van der Waals surface area contributed by atoms with Crippen LogP contribution in [0.2, 0.25) is 0 Å². The molecule has 14 heavy (non-hydrogen) atoms. The van der Waals surface area contributed by atoms with Crippen molar-refractivity contribution in [3.8, 4) is 0 Å². The number of aliphatic carboxylic acids is 1. The number of carbonyl (C=O) groups is 1. The third-order valence-corrected chi connectivity index (χ3v) is 2.28. The molecule has 0 unspecified atom stereocenters. The van der Waals surface area contributed by atoms with Crippen molar-refractivity contribution in [2.75, 3.05) is 0 Å². The maximum Gasteiger partial charge on any atom is 0.303 e. The minimum absolute atomic E-state index is 0.0176. The first-order valence-corrected chi connectivity index (χ1v) is 4.63. The standard InChI is InChI=1S/C10H15NO3/c1-7-5-11-9(6-12)8(7)3-2-4-10(13)14/h5,11-12H,2-4,6H2,1H3,(H,13,14). The Balaban J connectivity index is 2.56. The van der Waals surface area contributed by atoms with Crippen LogP contribution in [0.4, 0.5) is 0 Å². The number of aromatic amines is 1. The molecule has 0 saturated carbocycles. The van der Waals surface area contributed by atoms with Gasteiger partial charge in [-0.15, -0.1) is 0 Å². The molecular weight excluding hydrogens is 182 g/mol. The molecule has 0 saturated heterocycles. The van der Waals surface area contributed by atoms with E-state index in [0.29, 0.717) is 12.8 Å². The highest BCUT2D eigenvalue weighted by atomic mass is 16.4. The highest BCUT2D eigenvalue weighted by Gasteiger charge is 2.07. The van der Waals surface area contributed by atoms with Crippen molar-refractivity contribution in [2.45, 2.75) is 32.8 Å². The van der Waals surface area contributed by atoms with E-state index in [1.165, 1.54) is 0 Å². The molecule has 1 rings (SSSR count). The van der Waals surface area contributed by atoms with Gasteiger partial charge in [0.15, 0.2) is 0 Å². The molecule has 4 nitrogen and oxygen atoms in total. The van der Waals surface area contributed by atoms with Crippen molar-refractivity contribution < 1.29 is 15.0 Å². The lowest BCUT2D eigenvalue weighted by atomic mass is 10.1. The number of aryl methyl sites for hydroxylation is 1. The van der Waals surface area contributed by atoms with Crippen LogP contribution in [0, 0.1) is 6.92 Å². The quantitative estimate of drug-likeness (QED) is 0.664. The number of H-pyrrole nitrogens is 1. The second-order valence-corrected chi connectivity index (χ2v) is 3.33. The summed E-state index contributed by atoms with van der Waals surface area (Å²) in [5, 5.41) is 17.5. The summed E-state index contributed by atoms with van der Waals surface area (Å²) in [6.45, 7) is 1.93. The SMILES string of the molecule is Cc1c[nH]c(CO)c1CCCC(=O)O. The second kappa shape index (κ2) is 4.81. The Bertz CT molecular complexity index is 317. The summed E-state index contributed by atoms with van der Waals surface area (Å²) < 4.78 is 0. The number of hydrogen-bond donors (Lipinski definition) is 3. The maximum absolute atomic E-state index is 10.3. The van der Waals surface area contributed by atoms with Gasteiger partial charge in [0.1, 0.15) is 0 Å². The molecule has 1 aromatic heterocycles. The van der Waals surface area contributed by atoms with Crippen LogP contribution in [0.5, 0.6) is 0 Å². The normalized spacial score (nSPS) is 10.4. The predicted molar refractivity (Wildman–Crippen MR) is 52.0 cm³/mol. The Morgan fingerprint density at radius 1 is 1.57 bits per heavy atom. The smallest absolute Gasteiger partial charge is 0.303 e. The van der Waals surface area contributed by atoms with Crippen LogP contribution in [0.3, 0.4) is 0 Å². The molecule has 0 aromatic carbocycles. The molecule has 0 atom stereocenters. The molecule has 4 heteroatoms. The lowest BCUT2D eigenvalue weighted by molar-refractivity contribution is -0.137. The van der Waals surface area contributed by atoms with Crippen molar-refractivity contribution in [3.05, 3.63) is 23.0 Å². The first-order valence-electron chi connectivity index (χ1n) is 4.63. The monoisotopic (exact) mass is 197 g/mol. The molecule has 0 radical (unpaired) electrons. The van der Waals surface area contributed by atoms with Crippen LogP contribution in [-0.2, 0) is 17.8 Å². The van der Waals surface area contributed by atoms with Gasteiger partial charge in [-0.1, -0.05) is 0 Å². The molecule has 0 spiro atoms. The fraction of sp³-hybridized carbons (Fsp3) is 0.500. The van der Waals surface area contributed by atoms with E-state index in [9.17, 15) is 4.79 Å². The summed E-state index contributed by atoms with van der Waals surface area (Å²) in [4.78, 5) is 13.3. The first-order chi connectivity index (χ1) is 6.65. The number of aliphatic hydroxyl groups excluding tert-OH is 1. The van der Waals surface area contributed by atoms with Gasteiger partial charge in [0, 0.05) is 18.3 Å². The van der Waals surface area contributed by atoms with Crippen LogP contribution >= 0.6 is 0 Å². The van der Waals surface area contributed by atoms with Crippen LogP contribution in [0.15, 0.2) is 6.20 Å². The average Bonchev–Trinajstić information content (AvgIpc) is 2.47. The second-order valence-electron chi connectivity index (χ2n) is 3.33. The molecular formula is C10H15NO3. The fourth-order valence-corrected chi connectivity index (χ4v) is 1.51. The molecule has 3 N–H and O–H groups in total. The van der Waals surface area contributed by atoms with E-state index in [-0.39, 0.29) is 13.0 Å². The van der Waals surface area contributed by atoms with E-state index < -0.39 is 5.97 Å². The van der Waals surface area contributed by atoms with E-state index in [1.54, 1.807) is 0 Å². The third-order valence-electron chi connectivity index (χ3n) is 2.28. The Hall–Kier alpha value is -1.29. The fourth-order valence-electron chi connectivity index (χ4n) is 1.51. The van der Waals surface area contributed by atoms with Crippen molar-refractivity contribution in [1.82, 2.24) is 4.98 Å². The number of aromatic nitrogens is 1. The molecule has 0 bridgehead atoms. The molecule has 1 aromatic rings. The molecule has 0 aliphatic rings. The van der Waals surface area contributed by atoms with Crippen LogP contribution in [-0.4, -0.2) is 21.2 Å². The van der Waals surface area contributed by atoms with Gasteiger partial charge in [0.2, 0.25) is 0 Å². The zero-order valence-corrected chi connectivity index (χ0v) is 8.21. The summed E-state index contributed by atoms with van der Waals surface area (Å²) >= 11 is 0. The summed E-state index contributed by atoms with van der Waals surface area (Å²) in [5.74, 6) is -0.774. The van der Waals surface area contributed by atoms with E-state index >= 15 is 0 Å².